The molecule has 0 unspecified atom stereocenters. The van der Waals surface area contributed by atoms with E-state index in [4.69, 9.17) is 39.5 Å². The van der Waals surface area contributed by atoms with Gasteiger partial charge in [-0.05, 0) is 35.9 Å². The third-order valence-corrected chi connectivity index (χ3v) is 3.98. The van der Waals surface area contributed by atoms with Crippen LogP contribution < -0.4 is 10.1 Å². The fourth-order valence-electron chi connectivity index (χ4n) is 1.93. The van der Waals surface area contributed by atoms with E-state index in [0.29, 0.717) is 28.2 Å². The minimum Gasteiger partial charge on any atom is -0.489 e. The summed E-state index contributed by atoms with van der Waals surface area (Å²) in [5, 5.41) is 4.97. The molecule has 0 aliphatic heterocycles. The van der Waals surface area contributed by atoms with Gasteiger partial charge in [-0.15, -0.1) is 6.58 Å². The third kappa shape index (κ3) is 4.92. The maximum Gasteiger partial charge on any atom is 0.124 e. The summed E-state index contributed by atoms with van der Waals surface area (Å²) in [6.07, 6.45) is 1.81. The molecule has 22 heavy (non-hydrogen) atoms. The van der Waals surface area contributed by atoms with Crippen molar-refractivity contribution in [2.24, 2.45) is 0 Å². The summed E-state index contributed by atoms with van der Waals surface area (Å²) in [6.45, 7) is 5.47. The van der Waals surface area contributed by atoms with Gasteiger partial charge in [0.2, 0.25) is 0 Å². The molecule has 0 radical (unpaired) electrons. The first kappa shape index (κ1) is 17.2. The standard InChI is InChI=1S/C17H16Cl3NO/c1-2-7-21-10-13-9-14(18)4-6-17(13)22-11-12-3-5-15(19)16(20)8-12/h2-6,8-9,21H,1,7,10-11H2. The fraction of sp³-hybridized carbons (Fsp3) is 0.176. The second-order valence-corrected chi connectivity index (χ2v) is 5.96. The van der Waals surface area contributed by atoms with Crippen molar-refractivity contribution in [3.8, 4) is 5.75 Å². The van der Waals surface area contributed by atoms with Crippen LogP contribution >= 0.6 is 34.8 Å². The Hall–Kier alpha value is -1.19. The van der Waals surface area contributed by atoms with Crippen LogP contribution in [0.5, 0.6) is 5.75 Å². The van der Waals surface area contributed by atoms with Crippen molar-refractivity contribution in [3.63, 3.8) is 0 Å². The predicted molar refractivity (Wildman–Crippen MR) is 94.1 cm³/mol. The van der Waals surface area contributed by atoms with Gasteiger partial charge in [-0.2, -0.15) is 0 Å². The quantitative estimate of drug-likeness (QED) is 0.522. The highest BCUT2D eigenvalue weighted by atomic mass is 35.5. The molecule has 0 aliphatic rings. The third-order valence-electron chi connectivity index (χ3n) is 3.01. The number of nitrogens with one attached hydrogen (secondary N) is 1. The fourth-order valence-corrected chi connectivity index (χ4v) is 2.44. The molecule has 0 fully saturated rings. The molecular formula is C17H16Cl3NO. The molecule has 5 heteroatoms. The largest absolute Gasteiger partial charge is 0.489 e. The van der Waals surface area contributed by atoms with Gasteiger partial charge in [-0.3, -0.25) is 0 Å². The molecular weight excluding hydrogens is 341 g/mol. The number of hydrogen-bond donors (Lipinski definition) is 1. The highest BCUT2D eigenvalue weighted by molar-refractivity contribution is 6.42. The van der Waals surface area contributed by atoms with Gasteiger partial charge >= 0.3 is 0 Å². The highest BCUT2D eigenvalue weighted by Gasteiger charge is 2.06. The molecule has 0 atom stereocenters. The lowest BCUT2D eigenvalue weighted by molar-refractivity contribution is 0.302. The van der Waals surface area contributed by atoms with Gasteiger partial charge < -0.3 is 10.1 Å². The Bertz CT molecular complexity index is 658. The molecule has 0 saturated carbocycles. The van der Waals surface area contributed by atoms with E-state index >= 15 is 0 Å². The molecule has 2 rings (SSSR count). The second kappa shape index (κ2) is 8.44. The molecule has 1 N–H and O–H groups in total. The molecule has 0 saturated heterocycles. The van der Waals surface area contributed by atoms with Gasteiger partial charge in [0.1, 0.15) is 12.4 Å². The van der Waals surface area contributed by atoms with Gasteiger partial charge in [0, 0.05) is 23.7 Å². The van der Waals surface area contributed by atoms with Gasteiger partial charge in [0.05, 0.1) is 10.0 Å². The molecule has 116 valence electrons. The zero-order valence-electron chi connectivity index (χ0n) is 11.9. The van der Waals surface area contributed by atoms with Crippen molar-refractivity contribution < 1.29 is 4.74 Å². The van der Waals surface area contributed by atoms with Crippen molar-refractivity contribution in [2.75, 3.05) is 6.54 Å². The first-order valence-corrected chi connectivity index (χ1v) is 7.90. The van der Waals surface area contributed by atoms with Crippen LogP contribution in [-0.2, 0) is 13.2 Å². The summed E-state index contributed by atoms with van der Waals surface area (Å²) in [4.78, 5) is 0. The van der Waals surface area contributed by atoms with E-state index in [1.54, 1.807) is 18.2 Å². The van der Waals surface area contributed by atoms with Crippen LogP contribution in [0.1, 0.15) is 11.1 Å². The van der Waals surface area contributed by atoms with Gasteiger partial charge in [-0.25, -0.2) is 0 Å². The van der Waals surface area contributed by atoms with Crippen molar-refractivity contribution in [2.45, 2.75) is 13.2 Å². The maximum atomic E-state index is 6.05. The zero-order chi connectivity index (χ0) is 15.9. The van der Waals surface area contributed by atoms with Gasteiger partial charge in [0.25, 0.3) is 0 Å². The molecule has 2 nitrogen and oxygen atoms in total. The molecule has 0 aliphatic carbocycles. The van der Waals surface area contributed by atoms with E-state index in [2.05, 4.69) is 11.9 Å². The Morgan fingerprint density at radius 3 is 2.59 bits per heavy atom. The number of hydrogen-bond acceptors (Lipinski definition) is 2. The van der Waals surface area contributed by atoms with Crippen LogP contribution in [0.2, 0.25) is 15.1 Å². The normalized spacial score (nSPS) is 10.5. The first-order valence-electron chi connectivity index (χ1n) is 6.77. The number of ether oxygens (including phenoxy) is 1. The summed E-state index contributed by atoms with van der Waals surface area (Å²) < 4.78 is 5.88. The monoisotopic (exact) mass is 355 g/mol. The maximum absolute atomic E-state index is 6.05. The van der Waals surface area contributed by atoms with Crippen molar-refractivity contribution >= 4 is 34.8 Å². The number of benzene rings is 2. The van der Waals surface area contributed by atoms with Crippen molar-refractivity contribution in [1.29, 1.82) is 0 Å². The van der Waals surface area contributed by atoms with E-state index in [-0.39, 0.29) is 0 Å². The Morgan fingerprint density at radius 2 is 1.86 bits per heavy atom. The number of halogens is 3. The lowest BCUT2D eigenvalue weighted by atomic mass is 10.2. The highest BCUT2D eigenvalue weighted by Crippen LogP contribution is 2.26. The molecule has 0 heterocycles. The predicted octanol–water partition coefficient (Wildman–Crippen LogP) is 5.50. The van der Waals surface area contributed by atoms with E-state index in [0.717, 1.165) is 23.4 Å². The molecule has 0 amide bonds. The van der Waals surface area contributed by atoms with Crippen LogP contribution in [0.15, 0.2) is 49.1 Å². The average Bonchev–Trinajstić information content (AvgIpc) is 2.50. The first-order chi connectivity index (χ1) is 10.6. The SMILES string of the molecule is C=CCNCc1cc(Cl)ccc1OCc1ccc(Cl)c(Cl)c1. The minimum absolute atomic E-state index is 0.410. The smallest absolute Gasteiger partial charge is 0.124 e. The molecule has 0 bridgehead atoms. The Morgan fingerprint density at radius 1 is 1.05 bits per heavy atom. The molecule has 2 aromatic carbocycles. The Kier molecular flexibility index (Phi) is 6.59. The van der Waals surface area contributed by atoms with E-state index in [1.807, 2.05) is 24.3 Å². The van der Waals surface area contributed by atoms with Crippen LogP contribution in [0, 0.1) is 0 Å². The van der Waals surface area contributed by atoms with Crippen molar-refractivity contribution in [1.82, 2.24) is 5.32 Å². The molecule has 0 spiro atoms. The summed E-state index contributed by atoms with van der Waals surface area (Å²) in [5.41, 5.74) is 1.95. The summed E-state index contributed by atoms with van der Waals surface area (Å²) in [6, 6.07) is 11.0. The summed E-state index contributed by atoms with van der Waals surface area (Å²) in [5.74, 6) is 0.784. The van der Waals surface area contributed by atoms with E-state index in [9.17, 15) is 0 Å². The number of rotatable bonds is 7. The van der Waals surface area contributed by atoms with Crippen molar-refractivity contribution in [3.05, 3.63) is 75.2 Å². The Balaban J connectivity index is 2.07. The summed E-state index contributed by atoms with van der Waals surface area (Å²) >= 11 is 18.0. The van der Waals surface area contributed by atoms with Gasteiger partial charge in [0.15, 0.2) is 0 Å². The zero-order valence-corrected chi connectivity index (χ0v) is 14.2. The second-order valence-electron chi connectivity index (χ2n) is 4.71. The van der Waals surface area contributed by atoms with Crippen LogP contribution in [0.25, 0.3) is 0 Å². The summed E-state index contributed by atoms with van der Waals surface area (Å²) in [7, 11) is 0. The lowest BCUT2D eigenvalue weighted by Gasteiger charge is -2.13. The van der Waals surface area contributed by atoms with Crippen LogP contribution in [-0.4, -0.2) is 6.54 Å². The lowest BCUT2D eigenvalue weighted by Crippen LogP contribution is -2.13. The minimum atomic E-state index is 0.410. The van der Waals surface area contributed by atoms with E-state index in [1.165, 1.54) is 0 Å². The average molecular weight is 357 g/mol. The Labute approximate surface area is 145 Å². The van der Waals surface area contributed by atoms with Gasteiger partial charge in [-0.1, -0.05) is 46.9 Å². The van der Waals surface area contributed by atoms with Crippen LogP contribution in [0.3, 0.4) is 0 Å². The topological polar surface area (TPSA) is 21.3 Å². The molecule has 0 aromatic heterocycles. The van der Waals surface area contributed by atoms with Crippen LogP contribution in [0.4, 0.5) is 0 Å². The molecule has 2 aromatic rings. The van der Waals surface area contributed by atoms with E-state index < -0.39 is 0 Å².